The van der Waals surface area contributed by atoms with E-state index in [1.807, 2.05) is 91.9 Å². The first-order valence-corrected chi connectivity index (χ1v) is 13.4. The second-order valence-corrected chi connectivity index (χ2v) is 10.2. The molecule has 0 aromatic heterocycles. The molecule has 5 rings (SSSR count). The molecule has 1 aliphatic rings. The summed E-state index contributed by atoms with van der Waals surface area (Å²) in [4.78, 5) is 41.7. The predicted molar refractivity (Wildman–Crippen MR) is 156 cm³/mol. The van der Waals surface area contributed by atoms with Gasteiger partial charge >= 0.3 is 0 Å². The maximum absolute atomic E-state index is 13.5. The zero-order valence-electron chi connectivity index (χ0n) is 21.4. The van der Waals surface area contributed by atoms with Crippen LogP contribution in [0, 0.1) is 6.92 Å². The van der Waals surface area contributed by atoms with Crippen molar-refractivity contribution in [1.82, 2.24) is 0 Å². The first-order valence-electron chi connectivity index (χ1n) is 12.6. The van der Waals surface area contributed by atoms with Gasteiger partial charge in [0.2, 0.25) is 5.91 Å². The molecule has 0 aliphatic carbocycles. The SMILES string of the molecule is Cc1ccc(N2C(=O)C(Nc3ccccc3)=C(Sc3ccc(NC(=O)CCc4ccccc4)cc3)C2=O)cc1. The highest BCUT2D eigenvalue weighted by Crippen LogP contribution is 2.38. The molecule has 3 amide bonds. The summed E-state index contributed by atoms with van der Waals surface area (Å²) in [7, 11) is 0. The molecular weight excluding hydrogens is 506 g/mol. The molecule has 1 heterocycles. The normalized spacial score (nSPS) is 13.1. The molecule has 0 saturated carbocycles. The van der Waals surface area contributed by atoms with Crippen molar-refractivity contribution in [2.24, 2.45) is 0 Å². The zero-order chi connectivity index (χ0) is 27.2. The van der Waals surface area contributed by atoms with Gasteiger partial charge in [-0.25, -0.2) is 4.90 Å². The molecule has 4 aromatic carbocycles. The summed E-state index contributed by atoms with van der Waals surface area (Å²) in [6.45, 7) is 1.95. The Morgan fingerprint density at radius 1 is 0.744 bits per heavy atom. The fourth-order valence-electron chi connectivity index (χ4n) is 4.16. The van der Waals surface area contributed by atoms with Gasteiger partial charge in [-0.15, -0.1) is 0 Å². The third-order valence-corrected chi connectivity index (χ3v) is 7.31. The van der Waals surface area contributed by atoms with Gasteiger partial charge in [0.05, 0.1) is 5.69 Å². The van der Waals surface area contributed by atoms with Gasteiger partial charge in [-0.05, 0) is 67.4 Å². The van der Waals surface area contributed by atoms with E-state index in [1.54, 1.807) is 24.3 Å². The minimum absolute atomic E-state index is 0.0679. The molecule has 1 aliphatic heterocycles. The number of benzene rings is 4. The lowest BCUT2D eigenvalue weighted by Crippen LogP contribution is -2.32. The Hall–Kier alpha value is -4.62. The number of rotatable bonds is 9. The first kappa shape index (κ1) is 26.0. The second kappa shape index (κ2) is 11.8. The minimum Gasteiger partial charge on any atom is -0.350 e. The summed E-state index contributed by atoms with van der Waals surface area (Å²) in [6.07, 6.45) is 1.05. The molecule has 0 saturated heterocycles. The number of hydrogen-bond acceptors (Lipinski definition) is 5. The van der Waals surface area contributed by atoms with Crippen LogP contribution in [0.4, 0.5) is 17.1 Å². The Balaban J connectivity index is 1.32. The number of imide groups is 1. The maximum Gasteiger partial charge on any atom is 0.283 e. The summed E-state index contributed by atoms with van der Waals surface area (Å²) in [5, 5.41) is 6.08. The standard InChI is InChI=1S/C32H27N3O3S/c1-22-12-17-26(18-13-22)35-31(37)29(34-24-10-6-3-7-11-24)30(32(35)38)39-27-19-15-25(16-20-27)33-28(36)21-14-23-8-4-2-5-9-23/h2-13,15-20,34H,14,21H2,1H3,(H,33,36). The monoisotopic (exact) mass is 533 g/mol. The van der Waals surface area contributed by atoms with Gasteiger partial charge in [0.1, 0.15) is 10.6 Å². The predicted octanol–water partition coefficient (Wildman–Crippen LogP) is 6.56. The van der Waals surface area contributed by atoms with Crippen molar-refractivity contribution < 1.29 is 14.4 Å². The van der Waals surface area contributed by atoms with Gasteiger partial charge in [-0.1, -0.05) is 78.0 Å². The van der Waals surface area contributed by atoms with Crippen LogP contribution in [-0.2, 0) is 20.8 Å². The molecule has 194 valence electrons. The fraction of sp³-hybridized carbons (Fsp3) is 0.0938. The largest absolute Gasteiger partial charge is 0.350 e. The van der Waals surface area contributed by atoms with Crippen LogP contribution in [0.5, 0.6) is 0 Å². The minimum atomic E-state index is -0.405. The molecular formula is C32H27N3O3S. The van der Waals surface area contributed by atoms with Crippen molar-refractivity contribution in [2.75, 3.05) is 15.5 Å². The van der Waals surface area contributed by atoms with Gasteiger partial charge in [-0.2, -0.15) is 0 Å². The van der Waals surface area contributed by atoms with E-state index in [9.17, 15) is 14.4 Å². The number of amides is 3. The molecule has 0 fully saturated rings. The van der Waals surface area contributed by atoms with E-state index in [2.05, 4.69) is 10.6 Å². The van der Waals surface area contributed by atoms with E-state index in [1.165, 1.54) is 16.7 Å². The number of thioether (sulfide) groups is 1. The van der Waals surface area contributed by atoms with Crippen LogP contribution >= 0.6 is 11.8 Å². The Morgan fingerprint density at radius 3 is 2.05 bits per heavy atom. The molecule has 39 heavy (non-hydrogen) atoms. The number of para-hydroxylation sites is 1. The van der Waals surface area contributed by atoms with Crippen molar-refractivity contribution in [3.8, 4) is 0 Å². The van der Waals surface area contributed by atoms with Crippen LogP contribution in [0.15, 0.2) is 125 Å². The lowest BCUT2D eigenvalue weighted by Gasteiger charge is -2.15. The maximum atomic E-state index is 13.5. The molecule has 6 nitrogen and oxygen atoms in total. The van der Waals surface area contributed by atoms with Crippen LogP contribution in [-0.4, -0.2) is 17.7 Å². The molecule has 2 N–H and O–H groups in total. The number of carbonyl (C=O) groups excluding carboxylic acids is 3. The van der Waals surface area contributed by atoms with E-state index in [0.717, 1.165) is 16.0 Å². The Bertz CT molecular complexity index is 1520. The molecule has 7 heteroatoms. The zero-order valence-corrected chi connectivity index (χ0v) is 22.2. The molecule has 4 aromatic rings. The molecule has 0 unspecified atom stereocenters. The van der Waals surface area contributed by atoms with Gasteiger partial charge in [-0.3, -0.25) is 14.4 Å². The summed E-state index contributed by atoms with van der Waals surface area (Å²) >= 11 is 1.22. The number of nitrogens with one attached hydrogen (secondary N) is 2. The summed E-state index contributed by atoms with van der Waals surface area (Å²) in [5.41, 5.74) is 4.29. The van der Waals surface area contributed by atoms with Crippen molar-refractivity contribution >= 4 is 46.5 Å². The third-order valence-electron chi connectivity index (χ3n) is 6.22. The van der Waals surface area contributed by atoms with Gasteiger partial charge in [0.15, 0.2) is 0 Å². The summed E-state index contributed by atoms with van der Waals surface area (Å²) < 4.78 is 0. The number of aryl methyl sites for hydroxylation is 2. The molecule has 0 atom stereocenters. The Labute approximate surface area is 231 Å². The average molecular weight is 534 g/mol. The van der Waals surface area contributed by atoms with Gasteiger partial charge in [0, 0.05) is 22.7 Å². The topological polar surface area (TPSA) is 78.5 Å². The molecule has 0 bridgehead atoms. The number of nitrogens with zero attached hydrogens (tertiary/aromatic N) is 1. The number of carbonyl (C=O) groups is 3. The van der Waals surface area contributed by atoms with Crippen LogP contribution in [0.1, 0.15) is 17.5 Å². The van der Waals surface area contributed by atoms with Crippen LogP contribution in [0.2, 0.25) is 0 Å². The van der Waals surface area contributed by atoms with Crippen molar-refractivity contribution in [1.29, 1.82) is 0 Å². The quantitative estimate of drug-likeness (QED) is 0.238. The van der Waals surface area contributed by atoms with E-state index in [4.69, 9.17) is 0 Å². The molecule has 0 spiro atoms. The second-order valence-electron chi connectivity index (χ2n) is 9.14. The van der Waals surface area contributed by atoms with E-state index >= 15 is 0 Å². The van der Waals surface area contributed by atoms with Crippen LogP contribution in [0.3, 0.4) is 0 Å². The fourth-order valence-corrected chi connectivity index (χ4v) is 5.09. The molecule has 0 radical (unpaired) electrons. The Morgan fingerprint density at radius 2 is 1.38 bits per heavy atom. The highest BCUT2D eigenvalue weighted by molar-refractivity contribution is 8.04. The lowest BCUT2D eigenvalue weighted by molar-refractivity contribution is -0.120. The van der Waals surface area contributed by atoms with E-state index in [0.29, 0.717) is 34.8 Å². The summed E-state index contributed by atoms with van der Waals surface area (Å²) in [5.74, 6) is -0.857. The highest BCUT2D eigenvalue weighted by Gasteiger charge is 2.40. The van der Waals surface area contributed by atoms with Gasteiger partial charge < -0.3 is 10.6 Å². The van der Waals surface area contributed by atoms with Crippen molar-refractivity contribution in [2.45, 2.75) is 24.7 Å². The van der Waals surface area contributed by atoms with Crippen molar-refractivity contribution in [3.63, 3.8) is 0 Å². The lowest BCUT2D eigenvalue weighted by atomic mass is 10.1. The van der Waals surface area contributed by atoms with E-state index < -0.39 is 5.91 Å². The number of anilines is 3. The van der Waals surface area contributed by atoms with E-state index in [-0.39, 0.29) is 17.5 Å². The van der Waals surface area contributed by atoms with Crippen LogP contribution in [0.25, 0.3) is 0 Å². The summed E-state index contributed by atoms with van der Waals surface area (Å²) in [6, 6.07) is 33.7. The van der Waals surface area contributed by atoms with Crippen LogP contribution < -0.4 is 15.5 Å². The Kier molecular flexibility index (Phi) is 7.89. The highest BCUT2D eigenvalue weighted by atomic mass is 32.2. The first-order chi connectivity index (χ1) is 19.0. The average Bonchev–Trinajstić information content (AvgIpc) is 3.18. The third kappa shape index (κ3) is 6.27. The smallest absolute Gasteiger partial charge is 0.283 e. The van der Waals surface area contributed by atoms with Gasteiger partial charge in [0.25, 0.3) is 11.8 Å². The van der Waals surface area contributed by atoms with Crippen molar-refractivity contribution in [3.05, 3.63) is 131 Å². The number of hydrogen-bond donors (Lipinski definition) is 2.